The Morgan fingerprint density at radius 2 is 1.89 bits per heavy atom. The van der Waals surface area contributed by atoms with Crippen LogP contribution in [0, 0.1) is 5.92 Å². The number of hydrogen-bond acceptors (Lipinski definition) is 2. The minimum atomic E-state index is -0.0869. The average molecular weight is 396 g/mol. The Morgan fingerprint density at radius 1 is 1.11 bits per heavy atom. The van der Waals surface area contributed by atoms with Crippen LogP contribution >= 0.6 is 11.6 Å². The Balaban J connectivity index is 1.32. The first-order valence-corrected chi connectivity index (χ1v) is 9.87. The molecular weight excluding hydrogens is 374 g/mol. The van der Waals surface area contributed by atoms with Gasteiger partial charge in [-0.2, -0.15) is 0 Å². The first-order chi connectivity index (χ1) is 13.6. The Morgan fingerprint density at radius 3 is 2.68 bits per heavy atom. The minimum absolute atomic E-state index is 0.00834. The summed E-state index contributed by atoms with van der Waals surface area (Å²) < 4.78 is 0. The van der Waals surface area contributed by atoms with E-state index in [4.69, 9.17) is 11.6 Å². The van der Waals surface area contributed by atoms with Gasteiger partial charge in [0.05, 0.1) is 6.42 Å². The standard InChI is InChI=1S/C22H22ClN3O2/c23-17-4-3-5-18(13-17)25-22(28)15-8-10-26(11-9-15)21(27)12-16-14-24-20-7-2-1-6-19(16)20/h1-7,13-15,24H,8-12H2,(H,25,28). The predicted molar refractivity (Wildman–Crippen MR) is 111 cm³/mol. The second kappa shape index (κ2) is 8.07. The zero-order valence-electron chi connectivity index (χ0n) is 15.5. The summed E-state index contributed by atoms with van der Waals surface area (Å²) in [6.45, 7) is 1.21. The number of likely N-dealkylation sites (tertiary alicyclic amines) is 1. The average Bonchev–Trinajstić information content (AvgIpc) is 3.11. The molecule has 5 nitrogen and oxygen atoms in total. The number of halogens is 1. The van der Waals surface area contributed by atoms with Crippen LogP contribution in [0.4, 0.5) is 5.69 Å². The molecule has 2 heterocycles. The number of aromatic nitrogens is 1. The predicted octanol–water partition coefficient (Wildman–Crippen LogP) is 4.24. The van der Waals surface area contributed by atoms with Gasteiger partial charge in [-0.1, -0.05) is 35.9 Å². The van der Waals surface area contributed by atoms with Gasteiger partial charge in [0, 0.05) is 46.8 Å². The first-order valence-electron chi connectivity index (χ1n) is 9.49. The van der Waals surface area contributed by atoms with Crippen molar-refractivity contribution in [2.75, 3.05) is 18.4 Å². The van der Waals surface area contributed by atoms with Gasteiger partial charge >= 0.3 is 0 Å². The number of amides is 2. The van der Waals surface area contributed by atoms with E-state index in [1.165, 1.54) is 0 Å². The molecule has 6 heteroatoms. The zero-order valence-corrected chi connectivity index (χ0v) is 16.2. The molecule has 0 atom stereocenters. The summed E-state index contributed by atoms with van der Waals surface area (Å²) >= 11 is 5.96. The maximum Gasteiger partial charge on any atom is 0.227 e. The summed E-state index contributed by atoms with van der Waals surface area (Å²) in [6.07, 6.45) is 3.63. The van der Waals surface area contributed by atoms with Gasteiger partial charge in [0.2, 0.25) is 11.8 Å². The molecule has 0 spiro atoms. The number of hydrogen-bond donors (Lipinski definition) is 2. The summed E-state index contributed by atoms with van der Waals surface area (Å²) in [6, 6.07) is 15.1. The van der Waals surface area contributed by atoms with Crippen LogP contribution in [0.25, 0.3) is 10.9 Å². The van der Waals surface area contributed by atoms with Gasteiger partial charge in [0.1, 0.15) is 0 Å². The molecule has 144 valence electrons. The van der Waals surface area contributed by atoms with Crippen molar-refractivity contribution in [3.05, 3.63) is 65.3 Å². The highest BCUT2D eigenvalue weighted by molar-refractivity contribution is 6.30. The highest BCUT2D eigenvalue weighted by Gasteiger charge is 2.27. The van der Waals surface area contributed by atoms with E-state index in [0.29, 0.717) is 43.1 Å². The van der Waals surface area contributed by atoms with Crippen LogP contribution in [0.15, 0.2) is 54.7 Å². The van der Waals surface area contributed by atoms with Crippen LogP contribution < -0.4 is 5.32 Å². The number of aromatic amines is 1. The molecule has 2 aromatic carbocycles. The maximum atomic E-state index is 12.7. The van der Waals surface area contributed by atoms with Gasteiger partial charge in [-0.3, -0.25) is 9.59 Å². The normalized spacial score (nSPS) is 15.0. The Bertz CT molecular complexity index is 1010. The third-order valence-corrected chi connectivity index (χ3v) is 5.56. The number of anilines is 1. The van der Waals surface area contributed by atoms with Crippen LogP contribution in [0.5, 0.6) is 0 Å². The van der Waals surface area contributed by atoms with E-state index in [9.17, 15) is 9.59 Å². The fourth-order valence-electron chi connectivity index (χ4n) is 3.75. The number of benzene rings is 2. The molecule has 4 rings (SSSR count). The highest BCUT2D eigenvalue weighted by atomic mass is 35.5. The number of fused-ring (bicyclic) bond motifs is 1. The largest absolute Gasteiger partial charge is 0.361 e. The van der Waals surface area contributed by atoms with Crippen molar-refractivity contribution >= 4 is 40.0 Å². The molecule has 0 bridgehead atoms. The van der Waals surface area contributed by atoms with E-state index in [2.05, 4.69) is 10.3 Å². The second-order valence-electron chi connectivity index (χ2n) is 7.19. The lowest BCUT2D eigenvalue weighted by molar-refractivity contribution is -0.133. The molecule has 0 aliphatic carbocycles. The molecule has 2 N–H and O–H groups in total. The van der Waals surface area contributed by atoms with Crippen LogP contribution in [-0.2, 0) is 16.0 Å². The van der Waals surface area contributed by atoms with Gasteiger partial charge < -0.3 is 15.2 Å². The molecule has 1 aliphatic heterocycles. The fourth-order valence-corrected chi connectivity index (χ4v) is 3.94. The monoisotopic (exact) mass is 395 g/mol. The smallest absolute Gasteiger partial charge is 0.227 e. The SMILES string of the molecule is O=C(Nc1cccc(Cl)c1)C1CCN(C(=O)Cc2c[nH]c3ccccc23)CC1. The number of carbonyl (C=O) groups excluding carboxylic acids is 2. The molecule has 1 saturated heterocycles. The molecule has 0 saturated carbocycles. The maximum absolute atomic E-state index is 12.7. The quantitative estimate of drug-likeness (QED) is 0.693. The third-order valence-electron chi connectivity index (χ3n) is 5.33. The van der Waals surface area contributed by atoms with Crippen LogP contribution in [-0.4, -0.2) is 34.8 Å². The van der Waals surface area contributed by atoms with Crippen molar-refractivity contribution in [2.24, 2.45) is 5.92 Å². The van der Waals surface area contributed by atoms with E-state index in [1.54, 1.807) is 12.1 Å². The molecular formula is C22H22ClN3O2. The number of carbonyl (C=O) groups is 2. The molecule has 1 aromatic heterocycles. The van der Waals surface area contributed by atoms with Gasteiger partial charge in [-0.15, -0.1) is 0 Å². The van der Waals surface area contributed by atoms with Crippen molar-refractivity contribution in [2.45, 2.75) is 19.3 Å². The summed E-state index contributed by atoms with van der Waals surface area (Å²) in [5, 5.41) is 4.60. The Labute approximate surface area is 168 Å². The van der Waals surface area contributed by atoms with Crippen molar-refractivity contribution in [3.8, 4) is 0 Å². The Hall–Kier alpha value is -2.79. The van der Waals surface area contributed by atoms with Crippen molar-refractivity contribution in [1.82, 2.24) is 9.88 Å². The number of H-pyrrole nitrogens is 1. The summed E-state index contributed by atoms with van der Waals surface area (Å²) in [5.41, 5.74) is 2.76. The van der Waals surface area contributed by atoms with Crippen molar-refractivity contribution in [3.63, 3.8) is 0 Å². The summed E-state index contributed by atoms with van der Waals surface area (Å²) in [5.74, 6) is 0.0144. The molecule has 0 unspecified atom stereocenters. The van der Waals surface area contributed by atoms with E-state index in [1.807, 2.05) is 47.5 Å². The number of nitrogens with one attached hydrogen (secondary N) is 2. The lowest BCUT2D eigenvalue weighted by Gasteiger charge is -2.31. The molecule has 2 amide bonds. The van der Waals surface area contributed by atoms with Crippen LogP contribution in [0.2, 0.25) is 5.02 Å². The lowest BCUT2D eigenvalue weighted by atomic mass is 9.95. The van der Waals surface area contributed by atoms with Gasteiger partial charge in [0.25, 0.3) is 0 Å². The van der Waals surface area contributed by atoms with Crippen LogP contribution in [0.1, 0.15) is 18.4 Å². The highest BCUT2D eigenvalue weighted by Crippen LogP contribution is 2.23. The van der Waals surface area contributed by atoms with E-state index in [0.717, 1.165) is 16.5 Å². The lowest BCUT2D eigenvalue weighted by Crippen LogP contribution is -2.42. The number of piperidine rings is 1. The zero-order chi connectivity index (χ0) is 19.5. The molecule has 1 fully saturated rings. The second-order valence-corrected chi connectivity index (χ2v) is 7.63. The minimum Gasteiger partial charge on any atom is -0.361 e. The van der Waals surface area contributed by atoms with Crippen molar-refractivity contribution in [1.29, 1.82) is 0 Å². The summed E-state index contributed by atoms with van der Waals surface area (Å²) in [4.78, 5) is 30.3. The van der Waals surface area contributed by atoms with E-state index >= 15 is 0 Å². The van der Waals surface area contributed by atoms with Gasteiger partial charge in [0.15, 0.2) is 0 Å². The van der Waals surface area contributed by atoms with Gasteiger partial charge in [-0.05, 0) is 42.7 Å². The summed E-state index contributed by atoms with van der Waals surface area (Å²) in [7, 11) is 0. The Kier molecular flexibility index (Phi) is 5.35. The first kappa shape index (κ1) is 18.6. The molecule has 28 heavy (non-hydrogen) atoms. The van der Waals surface area contributed by atoms with Crippen LogP contribution in [0.3, 0.4) is 0 Å². The number of nitrogens with zero attached hydrogens (tertiary/aromatic N) is 1. The molecule has 1 aliphatic rings. The van der Waals surface area contributed by atoms with E-state index in [-0.39, 0.29) is 17.7 Å². The number of para-hydroxylation sites is 1. The van der Waals surface area contributed by atoms with Gasteiger partial charge in [-0.25, -0.2) is 0 Å². The van der Waals surface area contributed by atoms with E-state index < -0.39 is 0 Å². The number of rotatable bonds is 4. The fraction of sp³-hybridized carbons (Fsp3) is 0.273. The third kappa shape index (κ3) is 4.04. The molecule has 3 aromatic rings. The topological polar surface area (TPSA) is 65.2 Å². The van der Waals surface area contributed by atoms with Crippen molar-refractivity contribution < 1.29 is 9.59 Å². The molecule has 0 radical (unpaired) electrons.